The molecule has 0 aliphatic heterocycles. The van der Waals surface area contributed by atoms with Crippen LogP contribution >= 0.6 is 0 Å². The maximum atomic E-state index is 12.0. The Bertz CT molecular complexity index is 487. The van der Waals surface area contributed by atoms with Crippen LogP contribution in [0.25, 0.3) is 0 Å². The van der Waals surface area contributed by atoms with Crippen molar-refractivity contribution in [3.63, 3.8) is 0 Å². The molecule has 0 saturated heterocycles. The molecule has 0 radical (unpaired) electrons. The zero-order chi connectivity index (χ0) is 13.2. The lowest BCUT2D eigenvalue weighted by atomic mass is 9.96. The average molecular weight is 244 g/mol. The zero-order valence-electron chi connectivity index (χ0n) is 10.3. The first-order chi connectivity index (χ1) is 8.59. The van der Waals surface area contributed by atoms with E-state index in [9.17, 15) is 4.79 Å². The van der Waals surface area contributed by atoms with Crippen LogP contribution in [0.2, 0.25) is 0 Å². The molecule has 5 nitrogen and oxygen atoms in total. The van der Waals surface area contributed by atoms with E-state index in [1.54, 1.807) is 12.1 Å². The number of nitrogens with one attached hydrogen (secondary N) is 1. The van der Waals surface area contributed by atoms with Crippen molar-refractivity contribution in [2.24, 2.45) is 11.7 Å². The second-order valence-corrected chi connectivity index (χ2v) is 4.89. The number of aromatic nitrogens is 1. The molecule has 18 heavy (non-hydrogen) atoms. The summed E-state index contributed by atoms with van der Waals surface area (Å²) in [6.45, 7) is 2.38. The molecule has 1 aromatic heterocycles. The lowest BCUT2D eigenvalue weighted by Crippen LogP contribution is -2.53. The summed E-state index contributed by atoms with van der Waals surface area (Å²) in [6.07, 6.45) is 3.61. The number of nitrogens with two attached hydrogens (primary N) is 1. The molecule has 1 unspecified atom stereocenters. The van der Waals surface area contributed by atoms with E-state index in [-0.39, 0.29) is 11.4 Å². The second kappa shape index (κ2) is 4.75. The Morgan fingerprint density at radius 2 is 2.39 bits per heavy atom. The van der Waals surface area contributed by atoms with Gasteiger partial charge in [0, 0.05) is 12.7 Å². The molecule has 1 aliphatic rings. The molecule has 1 aliphatic carbocycles. The van der Waals surface area contributed by atoms with E-state index in [2.05, 4.69) is 10.3 Å². The van der Waals surface area contributed by atoms with Crippen LogP contribution in [0, 0.1) is 17.2 Å². The predicted octanol–water partition coefficient (Wildman–Crippen LogP) is 0.810. The van der Waals surface area contributed by atoms with Crippen LogP contribution in [-0.4, -0.2) is 23.0 Å². The zero-order valence-corrected chi connectivity index (χ0v) is 10.3. The molecule has 1 aromatic rings. The highest BCUT2D eigenvalue weighted by Crippen LogP contribution is 2.39. The van der Waals surface area contributed by atoms with Crippen molar-refractivity contribution in [3.05, 3.63) is 29.6 Å². The fraction of sp³-hybridized carbons (Fsp3) is 0.462. The molecule has 1 atom stereocenters. The lowest BCUT2D eigenvalue weighted by molar-refractivity contribution is 0.0892. The minimum absolute atomic E-state index is 0.237. The van der Waals surface area contributed by atoms with Crippen LogP contribution in [0.15, 0.2) is 18.3 Å². The van der Waals surface area contributed by atoms with Gasteiger partial charge in [0.2, 0.25) is 0 Å². The van der Waals surface area contributed by atoms with Gasteiger partial charge in [0.05, 0.1) is 11.1 Å². The Hall–Kier alpha value is -1.93. The molecule has 94 valence electrons. The minimum Gasteiger partial charge on any atom is -0.344 e. The number of hydrogen-bond donors (Lipinski definition) is 2. The number of nitrogens with zero attached hydrogens (tertiary/aromatic N) is 2. The van der Waals surface area contributed by atoms with Crippen molar-refractivity contribution in [2.75, 3.05) is 6.54 Å². The summed E-state index contributed by atoms with van der Waals surface area (Å²) >= 11 is 0. The lowest BCUT2D eigenvalue weighted by Gasteiger charge is -2.29. The first-order valence-corrected chi connectivity index (χ1v) is 5.98. The number of hydrogen-bond acceptors (Lipinski definition) is 4. The fourth-order valence-electron chi connectivity index (χ4n) is 1.96. The first kappa shape index (κ1) is 12.5. The molecule has 1 fully saturated rings. The van der Waals surface area contributed by atoms with E-state index >= 15 is 0 Å². The van der Waals surface area contributed by atoms with Gasteiger partial charge >= 0.3 is 0 Å². The molecule has 1 heterocycles. The first-order valence-electron chi connectivity index (χ1n) is 5.98. The van der Waals surface area contributed by atoms with Gasteiger partial charge in [-0.1, -0.05) is 0 Å². The van der Waals surface area contributed by atoms with Crippen LogP contribution in [0.3, 0.4) is 0 Å². The van der Waals surface area contributed by atoms with Gasteiger partial charge in [-0.15, -0.1) is 0 Å². The highest BCUT2D eigenvalue weighted by atomic mass is 16.2. The summed E-state index contributed by atoms with van der Waals surface area (Å²) in [6, 6.07) is 5.10. The maximum Gasteiger partial charge on any atom is 0.270 e. The fourth-order valence-corrected chi connectivity index (χ4v) is 1.96. The smallest absolute Gasteiger partial charge is 0.270 e. The summed E-state index contributed by atoms with van der Waals surface area (Å²) in [5, 5.41) is 11.6. The van der Waals surface area contributed by atoms with E-state index < -0.39 is 0 Å². The van der Waals surface area contributed by atoms with Gasteiger partial charge in [-0.05, 0) is 37.8 Å². The monoisotopic (exact) mass is 244 g/mol. The molecule has 0 spiro atoms. The van der Waals surface area contributed by atoms with Gasteiger partial charge < -0.3 is 11.1 Å². The average Bonchev–Trinajstić information content (AvgIpc) is 3.23. The van der Waals surface area contributed by atoms with Crippen LogP contribution in [-0.2, 0) is 0 Å². The quantitative estimate of drug-likeness (QED) is 0.819. The highest BCUT2D eigenvalue weighted by Gasteiger charge is 2.41. The third-order valence-electron chi connectivity index (χ3n) is 3.43. The predicted molar refractivity (Wildman–Crippen MR) is 66.6 cm³/mol. The van der Waals surface area contributed by atoms with Gasteiger partial charge in [-0.25, -0.2) is 4.98 Å². The topological polar surface area (TPSA) is 91.8 Å². The van der Waals surface area contributed by atoms with Crippen LogP contribution in [0.1, 0.15) is 35.8 Å². The van der Waals surface area contributed by atoms with Crippen LogP contribution < -0.4 is 11.1 Å². The van der Waals surface area contributed by atoms with E-state index in [1.165, 1.54) is 6.20 Å². The van der Waals surface area contributed by atoms with Crippen molar-refractivity contribution in [1.29, 1.82) is 5.26 Å². The number of nitriles is 1. The van der Waals surface area contributed by atoms with E-state index in [0.717, 1.165) is 12.8 Å². The molecular weight excluding hydrogens is 228 g/mol. The number of pyridine rings is 1. The van der Waals surface area contributed by atoms with Crippen LogP contribution in [0.4, 0.5) is 0 Å². The molecule has 0 aromatic carbocycles. The maximum absolute atomic E-state index is 12.0. The van der Waals surface area contributed by atoms with Gasteiger partial charge in [-0.2, -0.15) is 5.26 Å². The summed E-state index contributed by atoms with van der Waals surface area (Å²) in [5.74, 6) is 0.226. The largest absolute Gasteiger partial charge is 0.344 e. The third kappa shape index (κ3) is 2.49. The van der Waals surface area contributed by atoms with Gasteiger partial charge in [0.1, 0.15) is 11.8 Å². The van der Waals surface area contributed by atoms with Gasteiger partial charge in [-0.3, -0.25) is 4.79 Å². The van der Waals surface area contributed by atoms with Crippen molar-refractivity contribution < 1.29 is 4.79 Å². The molecule has 1 amide bonds. The van der Waals surface area contributed by atoms with Crippen molar-refractivity contribution in [1.82, 2.24) is 10.3 Å². The number of amides is 1. The van der Waals surface area contributed by atoms with E-state index in [4.69, 9.17) is 11.0 Å². The Morgan fingerprint density at radius 1 is 1.67 bits per heavy atom. The summed E-state index contributed by atoms with van der Waals surface area (Å²) < 4.78 is 0. The Morgan fingerprint density at radius 3 is 2.83 bits per heavy atom. The van der Waals surface area contributed by atoms with Gasteiger partial charge in [0.25, 0.3) is 5.91 Å². The summed E-state index contributed by atoms with van der Waals surface area (Å²) in [4.78, 5) is 16.0. The Kier molecular flexibility index (Phi) is 3.30. The Labute approximate surface area is 106 Å². The van der Waals surface area contributed by atoms with Crippen molar-refractivity contribution in [2.45, 2.75) is 25.3 Å². The molecular formula is C13H16N4O. The van der Waals surface area contributed by atoms with Crippen molar-refractivity contribution in [3.8, 4) is 6.07 Å². The normalized spacial score (nSPS) is 17.6. The standard InChI is InChI=1S/C13H16N4O/c1-13(8-15,10-3-4-10)17-12(18)11-5-2-9(6-14)7-16-11/h2,5,7,10H,3-4,8,15H2,1H3,(H,17,18). The molecule has 3 N–H and O–H groups in total. The Balaban J connectivity index is 2.09. The highest BCUT2D eigenvalue weighted by molar-refractivity contribution is 5.92. The van der Waals surface area contributed by atoms with Gasteiger partial charge in [0.15, 0.2) is 0 Å². The molecule has 5 heteroatoms. The second-order valence-electron chi connectivity index (χ2n) is 4.89. The van der Waals surface area contributed by atoms with E-state index in [1.807, 2.05) is 13.0 Å². The molecule has 1 saturated carbocycles. The molecule has 0 bridgehead atoms. The minimum atomic E-state index is -0.355. The summed E-state index contributed by atoms with van der Waals surface area (Å²) in [7, 11) is 0. The van der Waals surface area contributed by atoms with Crippen LogP contribution in [0.5, 0.6) is 0 Å². The van der Waals surface area contributed by atoms with Crippen molar-refractivity contribution >= 4 is 5.91 Å². The molecule has 2 rings (SSSR count). The number of carbonyl (C=O) groups excluding carboxylic acids is 1. The SMILES string of the molecule is CC(CN)(NC(=O)c1ccc(C#N)cn1)C1CC1. The van der Waals surface area contributed by atoms with E-state index in [0.29, 0.717) is 23.7 Å². The number of rotatable bonds is 4. The summed E-state index contributed by atoms with van der Waals surface area (Å²) in [5.41, 5.74) is 6.14. The third-order valence-corrected chi connectivity index (χ3v) is 3.43. The number of carbonyl (C=O) groups is 1.